The van der Waals surface area contributed by atoms with Crippen molar-refractivity contribution in [3.8, 4) is 5.75 Å². The maximum atomic E-state index is 11.7. The minimum absolute atomic E-state index is 0. The lowest BCUT2D eigenvalue weighted by Gasteiger charge is -2.11. The lowest BCUT2D eigenvalue weighted by molar-refractivity contribution is -0.122. The van der Waals surface area contributed by atoms with Gasteiger partial charge in [0.1, 0.15) is 12.4 Å². The molecule has 0 fully saturated rings. The third kappa shape index (κ3) is 7.90. The summed E-state index contributed by atoms with van der Waals surface area (Å²) in [5.74, 6) is 0.687. The van der Waals surface area contributed by atoms with Gasteiger partial charge in [0.25, 0.3) is 0 Å². The van der Waals surface area contributed by atoms with Crippen molar-refractivity contribution in [2.24, 2.45) is 5.73 Å². The van der Waals surface area contributed by atoms with Gasteiger partial charge in [-0.1, -0.05) is 25.5 Å². The first-order valence-corrected chi connectivity index (χ1v) is 6.91. The first kappa shape index (κ1) is 19.7. The van der Waals surface area contributed by atoms with Crippen LogP contribution in [0.5, 0.6) is 5.75 Å². The molecule has 0 aliphatic carbocycles. The summed E-state index contributed by atoms with van der Waals surface area (Å²) in [5, 5.41) is 2.83. The molecule has 0 aliphatic rings. The van der Waals surface area contributed by atoms with Crippen molar-refractivity contribution in [1.82, 2.24) is 5.32 Å². The van der Waals surface area contributed by atoms with Crippen LogP contribution in [0.25, 0.3) is 0 Å². The fourth-order valence-corrected chi connectivity index (χ4v) is 1.71. The van der Waals surface area contributed by atoms with Gasteiger partial charge >= 0.3 is 0 Å². The van der Waals surface area contributed by atoms with Gasteiger partial charge in [-0.3, -0.25) is 4.79 Å². The van der Waals surface area contributed by atoms with Crippen molar-refractivity contribution in [2.45, 2.75) is 32.4 Å². The van der Waals surface area contributed by atoms with Gasteiger partial charge in [0.05, 0.1) is 12.6 Å². The van der Waals surface area contributed by atoms with Crippen LogP contribution in [0.4, 0.5) is 0 Å². The molecule has 1 aromatic carbocycles. The van der Waals surface area contributed by atoms with E-state index in [1.54, 1.807) is 7.11 Å². The van der Waals surface area contributed by atoms with Crippen LogP contribution in [-0.2, 0) is 16.1 Å². The molecule has 5 nitrogen and oxygen atoms in total. The summed E-state index contributed by atoms with van der Waals surface area (Å²) in [4.78, 5) is 11.7. The fraction of sp³-hybridized carbons (Fsp3) is 0.533. The summed E-state index contributed by atoms with van der Waals surface area (Å²) in [6, 6.07) is 7.19. The van der Waals surface area contributed by atoms with Crippen LogP contribution in [0.3, 0.4) is 0 Å². The standard InChI is InChI=1S/C15H24N2O3.ClH/c1-3-4-14(16)15(18)17-11-12-5-7-13(8-6-12)20-10-9-19-2;/h5-8,14H,3-4,9-11,16H2,1-2H3,(H,17,18);1H. The lowest BCUT2D eigenvalue weighted by atomic mass is 10.1. The SMILES string of the molecule is CCCC(N)C(=O)NCc1ccc(OCCOC)cc1.Cl. The van der Waals surface area contributed by atoms with Gasteiger partial charge in [0.15, 0.2) is 0 Å². The topological polar surface area (TPSA) is 73.6 Å². The van der Waals surface area contributed by atoms with E-state index < -0.39 is 6.04 Å². The third-order valence-electron chi connectivity index (χ3n) is 2.88. The van der Waals surface area contributed by atoms with Gasteiger partial charge < -0.3 is 20.5 Å². The molecule has 21 heavy (non-hydrogen) atoms. The van der Waals surface area contributed by atoms with Gasteiger partial charge in [0.2, 0.25) is 5.91 Å². The van der Waals surface area contributed by atoms with E-state index in [0.29, 0.717) is 26.2 Å². The number of nitrogens with two attached hydrogens (primary N) is 1. The minimum atomic E-state index is -0.420. The molecule has 1 aromatic rings. The Morgan fingerprint density at radius 3 is 2.52 bits per heavy atom. The molecule has 6 heteroatoms. The Bertz CT molecular complexity index is 398. The molecule has 0 heterocycles. The number of hydrogen-bond acceptors (Lipinski definition) is 4. The molecule has 1 atom stereocenters. The number of hydrogen-bond donors (Lipinski definition) is 2. The molecule has 0 saturated heterocycles. The average molecular weight is 317 g/mol. The summed E-state index contributed by atoms with van der Waals surface area (Å²) in [7, 11) is 1.64. The van der Waals surface area contributed by atoms with Crippen LogP contribution in [0.2, 0.25) is 0 Å². The maximum Gasteiger partial charge on any atom is 0.237 e. The van der Waals surface area contributed by atoms with Crippen molar-refractivity contribution in [1.29, 1.82) is 0 Å². The third-order valence-corrected chi connectivity index (χ3v) is 2.88. The molecule has 1 amide bonds. The molecule has 0 bridgehead atoms. The van der Waals surface area contributed by atoms with Gasteiger partial charge in [-0.15, -0.1) is 12.4 Å². The number of ether oxygens (including phenoxy) is 2. The zero-order valence-electron chi connectivity index (χ0n) is 12.6. The Morgan fingerprint density at radius 2 is 1.95 bits per heavy atom. The molecular formula is C15H25ClN2O3. The predicted molar refractivity (Wildman–Crippen MR) is 85.8 cm³/mol. The maximum absolute atomic E-state index is 11.7. The van der Waals surface area contributed by atoms with Gasteiger partial charge in [-0.05, 0) is 24.1 Å². The Balaban J connectivity index is 0.00000400. The number of nitrogens with one attached hydrogen (secondary N) is 1. The number of carbonyl (C=O) groups is 1. The highest BCUT2D eigenvalue weighted by Gasteiger charge is 2.11. The molecule has 120 valence electrons. The average Bonchev–Trinajstić information content (AvgIpc) is 2.46. The highest BCUT2D eigenvalue weighted by atomic mass is 35.5. The van der Waals surface area contributed by atoms with E-state index in [1.807, 2.05) is 31.2 Å². The molecular weight excluding hydrogens is 292 g/mol. The molecule has 0 aromatic heterocycles. The quantitative estimate of drug-likeness (QED) is 0.682. The molecule has 0 aliphatic heterocycles. The predicted octanol–water partition coefficient (Wildman–Crippen LogP) is 1.88. The normalized spacial score (nSPS) is 11.4. The van der Waals surface area contributed by atoms with Crippen LogP contribution < -0.4 is 15.8 Å². The van der Waals surface area contributed by atoms with E-state index >= 15 is 0 Å². The zero-order chi connectivity index (χ0) is 14.8. The van der Waals surface area contributed by atoms with Crippen LogP contribution in [0, 0.1) is 0 Å². The second-order valence-corrected chi connectivity index (χ2v) is 4.60. The van der Waals surface area contributed by atoms with Gasteiger partial charge in [-0.2, -0.15) is 0 Å². The van der Waals surface area contributed by atoms with E-state index in [0.717, 1.165) is 17.7 Å². The Labute approximate surface area is 132 Å². The van der Waals surface area contributed by atoms with E-state index in [9.17, 15) is 4.79 Å². The molecule has 0 radical (unpaired) electrons. The van der Waals surface area contributed by atoms with E-state index in [1.165, 1.54) is 0 Å². The molecule has 0 saturated carbocycles. The Morgan fingerprint density at radius 1 is 1.29 bits per heavy atom. The minimum Gasteiger partial charge on any atom is -0.491 e. The van der Waals surface area contributed by atoms with Crippen LogP contribution in [-0.4, -0.2) is 32.3 Å². The van der Waals surface area contributed by atoms with Crippen LogP contribution in [0.1, 0.15) is 25.3 Å². The zero-order valence-corrected chi connectivity index (χ0v) is 13.4. The number of carbonyl (C=O) groups excluding carboxylic acids is 1. The van der Waals surface area contributed by atoms with E-state index in [-0.39, 0.29) is 18.3 Å². The second kappa shape index (κ2) is 11.4. The highest BCUT2D eigenvalue weighted by Crippen LogP contribution is 2.12. The summed E-state index contributed by atoms with van der Waals surface area (Å²) in [6.45, 7) is 3.58. The summed E-state index contributed by atoms with van der Waals surface area (Å²) < 4.78 is 10.4. The van der Waals surface area contributed by atoms with Crippen molar-refractivity contribution in [3.05, 3.63) is 29.8 Å². The van der Waals surface area contributed by atoms with E-state index in [2.05, 4.69) is 5.32 Å². The molecule has 1 rings (SSSR count). The first-order valence-electron chi connectivity index (χ1n) is 6.91. The number of rotatable bonds is 9. The van der Waals surface area contributed by atoms with Crippen molar-refractivity contribution < 1.29 is 14.3 Å². The lowest BCUT2D eigenvalue weighted by Crippen LogP contribution is -2.40. The van der Waals surface area contributed by atoms with Crippen molar-refractivity contribution in [2.75, 3.05) is 20.3 Å². The summed E-state index contributed by atoms with van der Waals surface area (Å²) in [5.41, 5.74) is 6.76. The van der Waals surface area contributed by atoms with Gasteiger partial charge in [-0.25, -0.2) is 0 Å². The number of methoxy groups -OCH3 is 1. The monoisotopic (exact) mass is 316 g/mol. The fourth-order valence-electron chi connectivity index (χ4n) is 1.71. The summed E-state index contributed by atoms with van der Waals surface area (Å²) in [6.07, 6.45) is 1.61. The molecule has 0 spiro atoms. The summed E-state index contributed by atoms with van der Waals surface area (Å²) >= 11 is 0. The number of benzene rings is 1. The smallest absolute Gasteiger partial charge is 0.237 e. The van der Waals surface area contributed by atoms with E-state index in [4.69, 9.17) is 15.2 Å². The van der Waals surface area contributed by atoms with Gasteiger partial charge in [0, 0.05) is 13.7 Å². The van der Waals surface area contributed by atoms with Crippen LogP contribution >= 0.6 is 12.4 Å². The number of halogens is 1. The van der Waals surface area contributed by atoms with Crippen molar-refractivity contribution >= 4 is 18.3 Å². The van der Waals surface area contributed by atoms with Crippen LogP contribution in [0.15, 0.2) is 24.3 Å². The largest absolute Gasteiger partial charge is 0.491 e. The first-order chi connectivity index (χ1) is 9.67. The highest BCUT2D eigenvalue weighted by molar-refractivity contribution is 5.85. The molecule has 3 N–H and O–H groups in total. The Kier molecular flexibility index (Phi) is 10.7. The molecule has 1 unspecified atom stereocenters. The Hall–Kier alpha value is -1.30. The van der Waals surface area contributed by atoms with Crippen molar-refractivity contribution in [3.63, 3.8) is 0 Å². The second-order valence-electron chi connectivity index (χ2n) is 4.60. The number of amides is 1.